The maximum absolute atomic E-state index is 12.3. The molecule has 0 N–H and O–H groups in total. The maximum Gasteiger partial charge on any atom is 0.226 e. The Labute approximate surface area is 125 Å². The number of carbonyl (C=O) groups is 1. The van der Waals surface area contributed by atoms with E-state index >= 15 is 0 Å². The van der Waals surface area contributed by atoms with Crippen molar-refractivity contribution in [1.82, 2.24) is 14.5 Å². The van der Waals surface area contributed by atoms with Gasteiger partial charge in [-0.3, -0.25) is 4.79 Å². The molecule has 2 aliphatic rings. The number of nitrogens with zero attached hydrogens (tertiary/aromatic N) is 3. The highest BCUT2D eigenvalue weighted by molar-refractivity contribution is 5.80. The molecule has 0 aromatic carbocycles. The van der Waals surface area contributed by atoms with Crippen molar-refractivity contribution in [1.29, 1.82) is 0 Å². The minimum absolute atomic E-state index is 0.199. The Morgan fingerprint density at radius 3 is 2.76 bits per heavy atom. The summed E-state index contributed by atoms with van der Waals surface area (Å²) in [6.45, 7) is 5.28. The van der Waals surface area contributed by atoms with Crippen LogP contribution in [0.2, 0.25) is 0 Å². The van der Waals surface area contributed by atoms with Gasteiger partial charge < -0.3 is 14.2 Å². The highest BCUT2D eigenvalue weighted by Gasteiger charge is 2.34. The molecule has 0 atom stereocenters. The van der Waals surface area contributed by atoms with Crippen LogP contribution in [0.1, 0.15) is 24.4 Å². The first kappa shape index (κ1) is 14.3. The fourth-order valence-corrected chi connectivity index (χ4v) is 3.21. The number of rotatable bonds is 5. The number of methoxy groups -OCH3 is 1. The van der Waals surface area contributed by atoms with Crippen molar-refractivity contribution in [3.05, 3.63) is 29.9 Å². The molecule has 21 heavy (non-hydrogen) atoms. The van der Waals surface area contributed by atoms with Gasteiger partial charge in [0.25, 0.3) is 0 Å². The number of aromatic nitrogens is 2. The van der Waals surface area contributed by atoms with Gasteiger partial charge in [-0.25, -0.2) is 4.98 Å². The number of ether oxygens (including phenoxy) is 1. The van der Waals surface area contributed by atoms with Crippen molar-refractivity contribution in [3.63, 3.8) is 0 Å². The fraction of sp³-hybridized carbons (Fsp3) is 0.625. The largest absolute Gasteiger partial charge is 0.377 e. The average molecular weight is 289 g/mol. The summed E-state index contributed by atoms with van der Waals surface area (Å²) in [6, 6.07) is 0. The predicted octanol–water partition coefficient (Wildman–Crippen LogP) is 1.76. The van der Waals surface area contributed by atoms with E-state index in [2.05, 4.69) is 28.6 Å². The standard InChI is InChI=1S/C16H23N3O2/c1-12-7-17-15(11-21-2)19(12)10-13-8-18(9-13)16(20)14-5-3-4-6-14/h3-4,7,13-14H,5-6,8-11H2,1-2H3. The van der Waals surface area contributed by atoms with Gasteiger partial charge in [0.2, 0.25) is 5.91 Å². The van der Waals surface area contributed by atoms with Gasteiger partial charge in [0.05, 0.1) is 0 Å². The number of likely N-dealkylation sites (tertiary alicyclic amines) is 1. The molecular weight excluding hydrogens is 266 g/mol. The SMILES string of the molecule is COCc1ncc(C)n1CC1CN(C(=O)C2CC=CC2)C1. The van der Waals surface area contributed by atoms with Crippen molar-refractivity contribution < 1.29 is 9.53 Å². The van der Waals surface area contributed by atoms with Crippen molar-refractivity contribution in [2.24, 2.45) is 11.8 Å². The zero-order valence-electron chi connectivity index (χ0n) is 12.8. The molecule has 0 saturated carbocycles. The van der Waals surface area contributed by atoms with Crippen molar-refractivity contribution in [2.45, 2.75) is 32.9 Å². The molecule has 5 heteroatoms. The summed E-state index contributed by atoms with van der Waals surface area (Å²) in [7, 11) is 1.69. The van der Waals surface area contributed by atoms with E-state index in [1.165, 1.54) is 0 Å². The molecule has 0 spiro atoms. The van der Waals surface area contributed by atoms with Crippen LogP contribution in [0.15, 0.2) is 18.3 Å². The number of aryl methyl sites for hydroxylation is 1. The second-order valence-corrected chi connectivity index (χ2v) is 6.11. The second kappa shape index (κ2) is 6.02. The van der Waals surface area contributed by atoms with Crippen molar-refractivity contribution in [3.8, 4) is 0 Å². The van der Waals surface area contributed by atoms with E-state index in [0.29, 0.717) is 18.4 Å². The number of allylic oxidation sites excluding steroid dienone is 2. The quantitative estimate of drug-likeness (QED) is 0.776. The fourth-order valence-electron chi connectivity index (χ4n) is 3.21. The van der Waals surface area contributed by atoms with Crippen LogP contribution >= 0.6 is 0 Å². The summed E-state index contributed by atoms with van der Waals surface area (Å²) in [5, 5.41) is 0. The Balaban J connectivity index is 1.53. The zero-order chi connectivity index (χ0) is 14.8. The van der Waals surface area contributed by atoms with Crippen LogP contribution in [-0.4, -0.2) is 40.6 Å². The van der Waals surface area contributed by atoms with E-state index in [9.17, 15) is 4.79 Å². The molecule has 5 nitrogen and oxygen atoms in total. The van der Waals surface area contributed by atoms with Gasteiger partial charge in [-0.05, 0) is 19.8 Å². The first-order valence-corrected chi connectivity index (χ1v) is 7.62. The molecule has 2 heterocycles. The molecule has 1 aliphatic heterocycles. The molecule has 0 bridgehead atoms. The number of hydrogen-bond acceptors (Lipinski definition) is 3. The topological polar surface area (TPSA) is 47.4 Å². The van der Waals surface area contributed by atoms with E-state index in [1.807, 2.05) is 11.1 Å². The highest BCUT2D eigenvalue weighted by atomic mass is 16.5. The van der Waals surface area contributed by atoms with Crippen LogP contribution in [0.25, 0.3) is 0 Å². The molecule has 0 unspecified atom stereocenters. The summed E-state index contributed by atoms with van der Waals surface area (Å²) in [6.07, 6.45) is 7.95. The zero-order valence-corrected chi connectivity index (χ0v) is 12.8. The number of hydrogen-bond donors (Lipinski definition) is 0. The highest BCUT2D eigenvalue weighted by Crippen LogP contribution is 2.26. The second-order valence-electron chi connectivity index (χ2n) is 6.11. The van der Waals surface area contributed by atoms with Crippen LogP contribution in [0.4, 0.5) is 0 Å². The third kappa shape index (κ3) is 2.88. The molecule has 1 fully saturated rings. The Morgan fingerprint density at radius 2 is 2.10 bits per heavy atom. The minimum Gasteiger partial charge on any atom is -0.377 e. The van der Waals surface area contributed by atoms with Gasteiger partial charge in [0.15, 0.2) is 0 Å². The summed E-state index contributed by atoms with van der Waals surface area (Å²) in [5.74, 6) is 2.03. The number of imidazole rings is 1. The lowest BCUT2D eigenvalue weighted by Gasteiger charge is -2.41. The third-order valence-electron chi connectivity index (χ3n) is 4.48. The first-order chi connectivity index (χ1) is 10.2. The van der Waals surface area contributed by atoms with E-state index < -0.39 is 0 Å². The Bertz CT molecular complexity index is 536. The third-order valence-corrected chi connectivity index (χ3v) is 4.48. The van der Waals surface area contributed by atoms with Gasteiger partial charge in [-0.1, -0.05) is 12.2 Å². The molecule has 1 saturated heterocycles. The summed E-state index contributed by atoms with van der Waals surface area (Å²) >= 11 is 0. The Kier molecular flexibility index (Phi) is 4.10. The van der Waals surface area contributed by atoms with Crippen LogP contribution < -0.4 is 0 Å². The summed E-state index contributed by atoms with van der Waals surface area (Å²) < 4.78 is 7.40. The lowest BCUT2D eigenvalue weighted by Crippen LogP contribution is -2.53. The molecule has 1 aliphatic carbocycles. The van der Waals surface area contributed by atoms with Crippen molar-refractivity contribution in [2.75, 3.05) is 20.2 Å². The van der Waals surface area contributed by atoms with Gasteiger partial charge >= 0.3 is 0 Å². The lowest BCUT2D eigenvalue weighted by molar-refractivity contribution is -0.142. The van der Waals surface area contributed by atoms with E-state index in [4.69, 9.17) is 4.74 Å². The van der Waals surface area contributed by atoms with Gasteiger partial charge in [-0.2, -0.15) is 0 Å². The summed E-state index contributed by atoms with van der Waals surface area (Å²) in [5.41, 5.74) is 1.16. The van der Waals surface area contributed by atoms with Gasteiger partial charge in [0.1, 0.15) is 12.4 Å². The molecule has 3 rings (SSSR count). The van der Waals surface area contributed by atoms with Gasteiger partial charge in [0, 0.05) is 50.5 Å². The van der Waals surface area contributed by atoms with Crippen molar-refractivity contribution >= 4 is 5.91 Å². The number of carbonyl (C=O) groups excluding carboxylic acids is 1. The smallest absolute Gasteiger partial charge is 0.226 e. The van der Waals surface area contributed by atoms with Crippen LogP contribution in [0.5, 0.6) is 0 Å². The molecule has 114 valence electrons. The van der Waals surface area contributed by atoms with Gasteiger partial charge in [-0.15, -0.1) is 0 Å². The molecule has 1 aromatic rings. The van der Waals surface area contributed by atoms with E-state index in [1.54, 1.807) is 7.11 Å². The van der Waals surface area contributed by atoms with Crippen LogP contribution in [0.3, 0.4) is 0 Å². The monoisotopic (exact) mass is 289 g/mol. The molecule has 1 amide bonds. The van der Waals surface area contributed by atoms with Crippen LogP contribution in [0, 0.1) is 18.8 Å². The maximum atomic E-state index is 12.3. The predicted molar refractivity (Wildman–Crippen MR) is 79.6 cm³/mol. The first-order valence-electron chi connectivity index (χ1n) is 7.62. The Hall–Kier alpha value is -1.62. The average Bonchev–Trinajstić information content (AvgIpc) is 3.05. The summed E-state index contributed by atoms with van der Waals surface area (Å²) in [4.78, 5) is 18.6. The van der Waals surface area contributed by atoms with E-state index in [-0.39, 0.29) is 5.92 Å². The molecule has 0 radical (unpaired) electrons. The lowest BCUT2D eigenvalue weighted by atomic mass is 9.96. The normalized spacial score (nSPS) is 19.2. The van der Waals surface area contributed by atoms with Crippen LogP contribution in [-0.2, 0) is 22.7 Å². The molecular formula is C16H23N3O2. The minimum atomic E-state index is 0.199. The molecule has 1 aromatic heterocycles. The van der Waals surface area contributed by atoms with E-state index in [0.717, 1.165) is 44.0 Å². The number of amides is 1. The Morgan fingerprint density at radius 1 is 1.38 bits per heavy atom.